The van der Waals surface area contributed by atoms with Crippen LogP contribution in [0.5, 0.6) is 0 Å². The number of hydrogen-bond acceptors (Lipinski definition) is 6. The largest absolute Gasteiger partial charge is 0.368 e. The highest BCUT2D eigenvalue weighted by atomic mass is 15.6. The van der Waals surface area contributed by atoms with E-state index >= 15 is 0 Å². The average Bonchev–Trinajstić information content (AvgIpc) is 3.08. The van der Waals surface area contributed by atoms with Crippen molar-refractivity contribution in [3.05, 3.63) is 48.0 Å². The Bertz CT molecular complexity index is 801. The molecule has 2 aromatic heterocycles. The van der Waals surface area contributed by atoms with Gasteiger partial charge in [-0.1, -0.05) is 30.3 Å². The summed E-state index contributed by atoms with van der Waals surface area (Å²) in [6.07, 6.45) is 2.44. The second-order valence-corrected chi connectivity index (χ2v) is 6.36. The van der Waals surface area contributed by atoms with Gasteiger partial charge in [0.2, 0.25) is 0 Å². The molecule has 24 heavy (non-hydrogen) atoms. The number of benzene rings is 1. The zero-order valence-corrected chi connectivity index (χ0v) is 13.7. The van der Waals surface area contributed by atoms with E-state index in [9.17, 15) is 0 Å². The van der Waals surface area contributed by atoms with Crippen molar-refractivity contribution in [2.24, 2.45) is 5.92 Å². The molecule has 0 aliphatic carbocycles. The number of nitrogens with one attached hydrogen (secondary N) is 1. The third kappa shape index (κ3) is 2.94. The van der Waals surface area contributed by atoms with Crippen LogP contribution < -0.4 is 5.32 Å². The molecule has 7 nitrogen and oxygen atoms in total. The summed E-state index contributed by atoms with van der Waals surface area (Å²) < 4.78 is 1.45. The second-order valence-electron chi connectivity index (χ2n) is 6.36. The van der Waals surface area contributed by atoms with Crippen molar-refractivity contribution in [1.29, 1.82) is 0 Å². The smallest absolute Gasteiger partial charge is 0.200 e. The number of aromatic nitrogens is 5. The summed E-state index contributed by atoms with van der Waals surface area (Å²) in [5, 5.41) is 19.2. The van der Waals surface area contributed by atoms with Gasteiger partial charge in [0.05, 0.1) is 0 Å². The molecule has 0 bridgehead atoms. The van der Waals surface area contributed by atoms with E-state index < -0.39 is 0 Å². The van der Waals surface area contributed by atoms with Gasteiger partial charge >= 0.3 is 0 Å². The lowest BCUT2D eigenvalue weighted by Gasteiger charge is -2.39. The number of anilines is 1. The molecule has 1 saturated heterocycles. The molecule has 0 radical (unpaired) electrons. The fourth-order valence-electron chi connectivity index (χ4n) is 3.63. The quantitative estimate of drug-likeness (QED) is 0.792. The zero-order chi connectivity index (χ0) is 16.4. The number of fused-ring (bicyclic) bond motifs is 1. The van der Waals surface area contributed by atoms with Gasteiger partial charge in [-0.3, -0.25) is 4.90 Å². The van der Waals surface area contributed by atoms with Crippen LogP contribution in [-0.2, 0) is 0 Å². The molecule has 0 amide bonds. The van der Waals surface area contributed by atoms with Crippen molar-refractivity contribution < 1.29 is 0 Å². The maximum absolute atomic E-state index is 4.39. The number of piperidine rings is 1. The molecule has 1 aliphatic rings. The van der Waals surface area contributed by atoms with Crippen LogP contribution in [0.3, 0.4) is 0 Å². The molecule has 3 aromatic rings. The normalized spacial score (nSPS) is 21.9. The Morgan fingerprint density at radius 2 is 2.04 bits per heavy atom. The Hall–Kier alpha value is -2.54. The van der Waals surface area contributed by atoms with Crippen molar-refractivity contribution in [1.82, 2.24) is 30.2 Å². The molecule has 0 spiro atoms. The number of tetrazole rings is 1. The van der Waals surface area contributed by atoms with Crippen LogP contribution in [0.25, 0.3) is 5.65 Å². The Morgan fingerprint density at radius 1 is 1.17 bits per heavy atom. The highest BCUT2D eigenvalue weighted by Crippen LogP contribution is 2.34. The van der Waals surface area contributed by atoms with Gasteiger partial charge in [0, 0.05) is 12.6 Å². The molecule has 4 rings (SSSR count). The molecule has 1 aromatic carbocycles. The lowest BCUT2D eigenvalue weighted by Crippen LogP contribution is -2.39. The van der Waals surface area contributed by atoms with Gasteiger partial charge in [0.25, 0.3) is 0 Å². The van der Waals surface area contributed by atoms with Gasteiger partial charge in [0.1, 0.15) is 5.82 Å². The molecular formula is C17H21N7. The first kappa shape index (κ1) is 15.0. The van der Waals surface area contributed by atoms with Crippen LogP contribution >= 0.6 is 0 Å². The van der Waals surface area contributed by atoms with Crippen LogP contribution in [0.1, 0.15) is 24.4 Å². The molecule has 1 N–H and O–H groups in total. The Balaban J connectivity index is 1.50. The molecule has 0 saturated carbocycles. The van der Waals surface area contributed by atoms with E-state index in [2.05, 4.69) is 68.2 Å². The minimum atomic E-state index is 0.434. The van der Waals surface area contributed by atoms with Gasteiger partial charge in [-0.2, -0.15) is 0 Å². The Morgan fingerprint density at radius 3 is 2.92 bits per heavy atom. The Labute approximate surface area is 140 Å². The third-order valence-electron chi connectivity index (χ3n) is 4.76. The van der Waals surface area contributed by atoms with E-state index in [1.807, 2.05) is 12.1 Å². The fraction of sp³-hybridized carbons (Fsp3) is 0.412. The lowest BCUT2D eigenvalue weighted by atomic mass is 9.85. The first-order valence-electron chi connectivity index (χ1n) is 8.36. The standard InChI is InChI=1S/C17H21N7/c1-23-11-5-8-14(17(23)13-6-3-2-4-7-13)12-18-15-9-10-16-19-21-22-24(16)20-15/h2-4,6-7,9-10,14,17H,5,8,11-12H2,1H3,(H,18,20)/t14-,17-/m1/s1. The lowest BCUT2D eigenvalue weighted by molar-refractivity contribution is 0.128. The van der Waals surface area contributed by atoms with E-state index in [1.54, 1.807) is 0 Å². The summed E-state index contributed by atoms with van der Waals surface area (Å²) in [5.74, 6) is 1.34. The monoisotopic (exact) mass is 323 g/mol. The predicted molar refractivity (Wildman–Crippen MR) is 91.6 cm³/mol. The first-order chi connectivity index (χ1) is 11.8. The summed E-state index contributed by atoms with van der Waals surface area (Å²) in [7, 11) is 2.22. The zero-order valence-electron chi connectivity index (χ0n) is 13.7. The fourth-order valence-corrected chi connectivity index (χ4v) is 3.63. The topological polar surface area (TPSA) is 71.2 Å². The van der Waals surface area contributed by atoms with Gasteiger partial charge in [0.15, 0.2) is 5.65 Å². The molecule has 7 heteroatoms. The SMILES string of the molecule is CN1CCC[C@H](CNc2ccc3nnnn3n2)[C@H]1c1ccccc1. The van der Waals surface area contributed by atoms with Crippen molar-refractivity contribution >= 4 is 11.5 Å². The van der Waals surface area contributed by atoms with Gasteiger partial charge < -0.3 is 5.32 Å². The van der Waals surface area contributed by atoms with Crippen LogP contribution in [0, 0.1) is 5.92 Å². The minimum absolute atomic E-state index is 0.434. The van der Waals surface area contributed by atoms with Crippen LogP contribution in [-0.4, -0.2) is 50.3 Å². The number of nitrogens with zero attached hydrogens (tertiary/aromatic N) is 6. The van der Waals surface area contributed by atoms with E-state index in [0.717, 1.165) is 18.9 Å². The summed E-state index contributed by atoms with van der Waals surface area (Å²) >= 11 is 0. The van der Waals surface area contributed by atoms with Crippen molar-refractivity contribution in [2.75, 3.05) is 25.5 Å². The molecular weight excluding hydrogens is 302 g/mol. The number of hydrogen-bond donors (Lipinski definition) is 1. The average molecular weight is 323 g/mol. The van der Waals surface area contributed by atoms with Gasteiger partial charge in [-0.05, 0) is 60.5 Å². The summed E-state index contributed by atoms with van der Waals surface area (Å²) in [4.78, 5) is 2.46. The Kier molecular flexibility index (Phi) is 4.08. The summed E-state index contributed by atoms with van der Waals surface area (Å²) in [6.45, 7) is 2.02. The van der Waals surface area contributed by atoms with Crippen LogP contribution in [0.4, 0.5) is 5.82 Å². The predicted octanol–water partition coefficient (Wildman–Crippen LogP) is 2.01. The minimum Gasteiger partial charge on any atom is -0.368 e. The van der Waals surface area contributed by atoms with Gasteiger partial charge in [-0.15, -0.1) is 14.8 Å². The van der Waals surface area contributed by atoms with E-state index in [4.69, 9.17) is 0 Å². The van der Waals surface area contributed by atoms with E-state index in [-0.39, 0.29) is 0 Å². The molecule has 2 atom stereocenters. The van der Waals surface area contributed by atoms with Crippen LogP contribution in [0.15, 0.2) is 42.5 Å². The maximum atomic E-state index is 4.39. The maximum Gasteiger partial charge on any atom is 0.200 e. The highest BCUT2D eigenvalue weighted by molar-refractivity contribution is 5.42. The molecule has 124 valence electrons. The van der Waals surface area contributed by atoms with Crippen molar-refractivity contribution in [2.45, 2.75) is 18.9 Å². The van der Waals surface area contributed by atoms with Gasteiger partial charge in [-0.25, -0.2) is 0 Å². The first-order valence-corrected chi connectivity index (χ1v) is 8.36. The van der Waals surface area contributed by atoms with E-state index in [0.29, 0.717) is 17.6 Å². The highest BCUT2D eigenvalue weighted by Gasteiger charge is 2.30. The van der Waals surface area contributed by atoms with Crippen molar-refractivity contribution in [3.8, 4) is 0 Å². The van der Waals surface area contributed by atoms with Crippen LogP contribution in [0.2, 0.25) is 0 Å². The number of rotatable bonds is 4. The summed E-state index contributed by atoms with van der Waals surface area (Å²) in [5.41, 5.74) is 2.04. The van der Waals surface area contributed by atoms with Crippen molar-refractivity contribution in [3.63, 3.8) is 0 Å². The molecule has 3 heterocycles. The number of likely N-dealkylation sites (tertiary alicyclic amines) is 1. The summed E-state index contributed by atoms with van der Waals surface area (Å²) in [6, 6.07) is 15.0. The molecule has 1 fully saturated rings. The molecule has 1 aliphatic heterocycles. The third-order valence-corrected chi connectivity index (χ3v) is 4.76. The van der Waals surface area contributed by atoms with E-state index in [1.165, 1.54) is 23.0 Å². The molecule has 0 unspecified atom stereocenters. The second kappa shape index (κ2) is 6.52.